The molecule has 11 nitrogen and oxygen atoms in total. The van der Waals surface area contributed by atoms with Crippen LogP contribution in [0.1, 0.15) is 93.9 Å². The van der Waals surface area contributed by atoms with Crippen molar-refractivity contribution in [1.82, 2.24) is 9.80 Å². The van der Waals surface area contributed by atoms with E-state index in [4.69, 9.17) is 14.2 Å². The lowest BCUT2D eigenvalue weighted by molar-refractivity contribution is -0.163. The van der Waals surface area contributed by atoms with Crippen molar-refractivity contribution in [3.8, 4) is 0 Å². The van der Waals surface area contributed by atoms with E-state index >= 15 is 0 Å². The summed E-state index contributed by atoms with van der Waals surface area (Å²) in [5, 5.41) is 0. The number of carbonyl (C=O) groups is 6. The minimum absolute atomic E-state index is 0.0747. The van der Waals surface area contributed by atoms with Crippen LogP contribution in [0.3, 0.4) is 0 Å². The van der Waals surface area contributed by atoms with Crippen LogP contribution in [0, 0.1) is 11.3 Å². The van der Waals surface area contributed by atoms with Gasteiger partial charge in [-0.15, -0.1) is 0 Å². The second-order valence-corrected chi connectivity index (χ2v) is 13.3. The van der Waals surface area contributed by atoms with E-state index in [1.807, 2.05) is 20.8 Å². The summed E-state index contributed by atoms with van der Waals surface area (Å²) in [5.41, 5.74) is -0.655. The number of ether oxygens (including phenoxy) is 3. The van der Waals surface area contributed by atoms with Gasteiger partial charge in [-0.2, -0.15) is 0 Å². The molecule has 0 aromatic rings. The average Bonchev–Trinajstić information content (AvgIpc) is 2.82. The van der Waals surface area contributed by atoms with E-state index in [9.17, 15) is 28.8 Å². The zero-order valence-electron chi connectivity index (χ0n) is 26.5. The zero-order valence-corrected chi connectivity index (χ0v) is 26.5. The third kappa shape index (κ3) is 10.5. The van der Waals surface area contributed by atoms with Gasteiger partial charge >= 0.3 is 18.2 Å². The van der Waals surface area contributed by atoms with Gasteiger partial charge < -0.3 is 24.0 Å². The molecule has 42 heavy (non-hydrogen) atoms. The minimum atomic E-state index is -0.911. The van der Waals surface area contributed by atoms with Crippen molar-refractivity contribution in [2.45, 2.75) is 105 Å². The standard InChI is InChI=1S/C18H27NO6.C13H21NO3/c1-5-24-15(22)14-13(21)10-12(20)11-18(14)6-8-19(9-7-18)16(23)25-17(2,3)4;1-10(15)9-11-5-7-14(8-6-11)12(16)17-13(2,3)4/h14H,5-11H2,1-4H3;9H,5-8H2,1-4H3. The largest absolute Gasteiger partial charge is 0.465 e. The highest BCUT2D eigenvalue weighted by molar-refractivity contribution is 6.11. The summed E-state index contributed by atoms with van der Waals surface area (Å²) in [4.78, 5) is 74.9. The highest BCUT2D eigenvalue weighted by Crippen LogP contribution is 2.47. The predicted molar refractivity (Wildman–Crippen MR) is 155 cm³/mol. The van der Waals surface area contributed by atoms with Gasteiger partial charge in [0.05, 0.1) is 13.0 Å². The molecule has 1 atom stereocenters. The molecule has 2 amide bonds. The highest BCUT2D eigenvalue weighted by atomic mass is 16.6. The summed E-state index contributed by atoms with van der Waals surface area (Å²) in [7, 11) is 0. The van der Waals surface area contributed by atoms with Crippen molar-refractivity contribution in [3.05, 3.63) is 11.6 Å². The number of likely N-dealkylation sites (tertiary alicyclic amines) is 2. The molecule has 2 saturated heterocycles. The lowest BCUT2D eigenvalue weighted by atomic mass is 9.60. The molecule has 1 unspecified atom stereocenters. The summed E-state index contributed by atoms with van der Waals surface area (Å²) in [6, 6.07) is 0. The van der Waals surface area contributed by atoms with Crippen LogP contribution < -0.4 is 0 Å². The van der Waals surface area contributed by atoms with Crippen LogP contribution in [-0.2, 0) is 33.4 Å². The number of Topliss-reactive ketones (excluding diaryl/α,β-unsaturated/α-hetero) is 2. The van der Waals surface area contributed by atoms with Crippen LogP contribution in [0.5, 0.6) is 0 Å². The van der Waals surface area contributed by atoms with Crippen molar-refractivity contribution in [2.75, 3.05) is 32.8 Å². The Kier molecular flexibility index (Phi) is 11.9. The maximum atomic E-state index is 12.4. The second-order valence-electron chi connectivity index (χ2n) is 13.3. The molecule has 3 fully saturated rings. The molecule has 0 aromatic carbocycles. The lowest BCUT2D eigenvalue weighted by Crippen LogP contribution is -2.54. The van der Waals surface area contributed by atoms with E-state index in [-0.39, 0.29) is 42.9 Å². The van der Waals surface area contributed by atoms with Gasteiger partial charge in [0.15, 0.2) is 11.6 Å². The van der Waals surface area contributed by atoms with Crippen LogP contribution in [0.25, 0.3) is 0 Å². The Morgan fingerprint density at radius 1 is 0.857 bits per heavy atom. The minimum Gasteiger partial charge on any atom is -0.465 e. The average molecular weight is 593 g/mol. The van der Waals surface area contributed by atoms with Crippen LogP contribution in [0.15, 0.2) is 11.6 Å². The van der Waals surface area contributed by atoms with Gasteiger partial charge in [0.2, 0.25) is 0 Å². The monoisotopic (exact) mass is 592 g/mol. The predicted octanol–water partition coefficient (Wildman–Crippen LogP) is 4.65. The van der Waals surface area contributed by atoms with Crippen LogP contribution in [-0.4, -0.2) is 89.3 Å². The number of amides is 2. The normalized spacial score (nSPS) is 20.8. The molecule has 2 aliphatic heterocycles. The van der Waals surface area contributed by atoms with Crippen LogP contribution >= 0.6 is 0 Å². The van der Waals surface area contributed by atoms with E-state index < -0.39 is 34.6 Å². The first-order valence-electron chi connectivity index (χ1n) is 14.7. The number of ketones is 3. The summed E-state index contributed by atoms with van der Waals surface area (Å²) < 4.78 is 15.7. The Balaban J connectivity index is 0.000000317. The topological polar surface area (TPSA) is 137 Å². The van der Waals surface area contributed by atoms with Crippen LogP contribution in [0.4, 0.5) is 9.59 Å². The smallest absolute Gasteiger partial charge is 0.410 e. The molecule has 236 valence electrons. The lowest BCUT2D eigenvalue weighted by Gasteiger charge is -2.46. The molecular weight excluding hydrogens is 544 g/mol. The first kappa shape index (κ1) is 35.0. The van der Waals surface area contributed by atoms with Gasteiger partial charge in [-0.1, -0.05) is 5.57 Å². The summed E-state index contributed by atoms with van der Waals surface area (Å²) in [6.45, 7) is 16.4. The van der Waals surface area contributed by atoms with Gasteiger partial charge in [0.25, 0.3) is 0 Å². The van der Waals surface area contributed by atoms with Gasteiger partial charge in [-0.25, -0.2) is 9.59 Å². The van der Waals surface area contributed by atoms with Gasteiger partial charge in [-0.3, -0.25) is 19.2 Å². The molecule has 0 N–H and O–H groups in total. The number of piperidine rings is 2. The van der Waals surface area contributed by atoms with Crippen molar-refractivity contribution in [3.63, 3.8) is 0 Å². The molecule has 1 saturated carbocycles. The molecule has 1 aliphatic carbocycles. The van der Waals surface area contributed by atoms with Crippen molar-refractivity contribution < 1.29 is 43.0 Å². The Morgan fingerprint density at radius 3 is 1.76 bits per heavy atom. The van der Waals surface area contributed by atoms with Crippen LogP contribution in [0.2, 0.25) is 0 Å². The Hall–Kier alpha value is -3.24. The Labute approximate surface area is 249 Å². The van der Waals surface area contributed by atoms with Gasteiger partial charge in [-0.05, 0) is 87.1 Å². The number of esters is 1. The van der Waals surface area contributed by atoms with Gasteiger partial charge in [0, 0.05) is 38.0 Å². The molecule has 1 spiro atoms. The molecule has 0 radical (unpaired) electrons. The highest BCUT2D eigenvalue weighted by Gasteiger charge is 2.54. The number of allylic oxidation sites excluding steroid dienone is 1. The fourth-order valence-corrected chi connectivity index (χ4v) is 5.46. The number of hydrogen-bond donors (Lipinski definition) is 0. The summed E-state index contributed by atoms with van der Waals surface area (Å²) in [5.74, 6) is -1.89. The number of nitrogens with zero attached hydrogens (tertiary/aromatic N) is 2. The maximum Gasteiger partial charge on any atom is 0.410 e. The maximum absolute atomic E-state index is 12.4. The first-order chi connectivity index (χ1) is 19.4. The summed E-state index contributed by atoms with van der Waals surface area (Å²) in [6.07, 6.45) is 3.32. The van der Waals surface area contributed by atoms with E-state index in [0.717, 1.165) is 18.4 Å². The SMILES string of the molecule is CC(=O)C=C1CCN(C(=O)OC(C)(C)C)CC1.CCOC(=O)C1C(=O)CC(=O)CC12CCN(C(=O)OC(C)(C)C)CC2. The molecular formula is C31H48N2O9. The van der Waals surface area contributed by atoms with Gasteiger partial charge in [0.1, 0.15) is 22.9 Å². The van der Waals surface area contributed by atoms with E-state index in [1.54, 1.807) is 50.5 Å². The Bertz CT molecular complexity index is 1060. The third-order valence-corrected chi connectivity index (χ3v) is 7.25. The second kappa shape index (κ2) is 14.3. The van der Waals surface area contributed by atoms with E-state index in [2.05, 4.69) is 0 Å². The third-order valence-electron chi connectivity index (χ3n) is 7.25. The first-order valence-corrected chi connectivity index (χ1v) is 14.7. The molecule has 0 aromatic heterocycles. The van der Waals surface area contributed by atoms with Crippen molar-refractivity contribution in [2.24, 2.45) is 11.3 Å². The quantitative estimate of drug-likeness (QED) is 0.198. The van der Waals surface area contributed by atoms with Crippen molar-refractivity contribution in [1.29, 1.82) is 0 Å². The molecule has 0 bridgehead atoms. The fourth-order valence-electron chi connectivity index (χ4n) is 5.46. The number of rotatable bonds is 3. The van der Waals surface area contributed by atoms with Crippen molar-refractivity contribution >= 4 is 35.5 Å². The number of carbonyl (C=O) groups excluding carboxylic acids is 6. The molecule has 11 heteroatoms. The molecule has 2 heterocycles. The zero-order chi connectivity index (χ0) is 31.9. The number of hydrogen-bond acceptors (Lipinski definition) is 9. The fraction of sp³-hybridized carbons (Fsp3) is 0.742. The molecule has 3 aliphatic rings. The Morgan fingerprint density at radius 2 is 1.33 bits per heavy atom. The van der Waals surface area contributed by atoms with E-state index in [1.165, 1.54) is 0 Å². The molecule has 3 rings (SSSR count). The summed E-state index contributed by atoms with van der Waals surface area (Å²) >= 11 is 0. The van der Waals surface area contributed by atoms with E-state index in [0.29, 0.717) is 39.0 Å².